The second-order valence-electron chi connectivity index (χ2n) is 3.00. The topological polar surface area (TPSA) is 38.9 Å². The van der Waals surface area contributed by atoms with Crippen LogP contribution in [0.4, 0.5) is 5.82 Å². The molecule has 0 aliphatic rings. The molecule has 0 spiro atoms. The Kier molecular flexibility index (Phi) is 1.54. The number of anilines is 1. The van der Waals surface area contributed by atoms with Crippen LogP contribution in [0, 0.1) is 13.8 Å². The average Bonchev–Trinajstić information content (AvgIpc) is 2.35. The van der Waals surface area contributed by atoms with E-state index in [1.807, 2.05) is 0 Å². The van der Waals surface area contributed by atoms with Crippen molar-refractivity contribution in [2.75, 3.05) is 5.73 Å². The smallest absolute Gasteiger partial charge is 0.144 e. The molecule has 62 valence electrons. The minimum Gasteiger partial charge on any atom is -0.382 e. The minimum absolute atomic E-state index is 0.651. The number of nitrogen functional groups attached to an aromatic ring is 1. The summed E-state index contributed by atoms with van der Waals surface area (Å²) < 4.78 is 5.27. The Bertz CT molecular complexity index is 431. The van der Waals surface area contributed by atoms with E-state index in [2.05, 4.69) is 30.4 Å². The molecular formula is C9H10N2S. The zero-order chi connectivity index (χ0) is 8.72. The summed E-state index contributed by atoms with van der Waals surface area (Å²) in [5.41, 5.74) is 8.26. The third-order valence-electron chi connectivity index (χ3n) is 2.11. The zero-order valence-corrected chi connectivity index (χ0v) is 7.90. The van der Waals surface area contributed by atoms with Crippen molar-refractivity contribution >= 4 is 27.4 Å². The number of aryl methyl sites for hydroxylation is 2. The van der Waals surface area contributed by atoms with E-state index < -0.39 is 0 Å². The number of aromatic nitrogens is 1. The fourth-order valence-corrected chi connectivity index (χ4v) is 2.00. The molecule has 0 aliphatic heterocycles. The summed E-state index contributed by atoms with van der Waals surface area (Å²) in [6, 6.07) is 4.24. The summed E-state index contributed by atoms with van der Waals surface area (Å²) in [4.78, 5) is 0. The maximum absolute atomic E-state index is 5.69. The molecule has 12 heavy (non-hydrogen) atoms. The average molecular weight is 178 g/mol. The summed E-state index contributed by atoms with van der Waals surface area (Å²) >= 11 is 1.46. The number of rotatable bonds is 0. The largest absolute Gasteiger partial charge is 0.382 e. The summed E-state index contributed by atoms with van der Waals surface area (Å²) in [5, 5.41) is 1.09. The molecule has 0 bridgehead atoms. The number of fused-ring (bicyclic) bond motifs is 1. The van der Waals surface area contributed by atoms with Crippen LogP contribution >= 0.6 is 11.5 Å². The summed E-state index contributed by atoms with van der Waals surface area (Å²) in [7, 11) is 0. The van der Waals surface area contributed by atoms with Gasteiger partial charge in [-0.25, -0.2) is 0 Å². The highest BCUT2D eigenvalue weighted by Gasteiger charge is 2.03. The quantitative estimate of drug-likeness (QED) is 0.673. The van der Waals surface area contributed by atoms with Crippen LogP contribution in [0.25, 0.3) is 10.1 Å². The van der Waals surface area contributed by atoms with Crippen molar-refractivity contribution < 1.29 is 0 Å². The van der Waals surface area contributed by atoms with Crippen LogP contribution in [-0.2, 0) is 0 Å². The Balaban J connectivity index is 2.87. The van der Waals surface area contributed by atoms with Crippen LogP contribution in [-0.4, -0.2) is 4.37 Å². The predicted molar refractivity (Wildman–Crippen MR) is 53.5 cm³/mol. The van der Waals surface area contributed by atoms with Gasteiger partial charge in [-0.15, -0.1) is 0 Å². The van der Waals surface area contributed by atoms with Gasteiger partial charge in [0.15, 0.2) is 0 Å². The fourth-order valence-electron chi connectivity index (χ4n) is 1.21. The lowest BCUT2D eigenvalue weighted by molar-refractivity contribution is 1.37. The van der Waals surface area contributed by atoms with Crippen molar-refractivity contribution in [3.8, 4) is 0 Å². The molecule has 2 rings (SSSR count). The molecular weight excluding hydrogens is 168 g/mol. The zero-order valence-electron chi connectivity index (χ0n) is 7.09. The van der Waals surface area contributed by atoms with Crippen LogP contribution in [0.2, 0.25) is 0 Å². The molecule has 0 saturated carbocycles. The second-order valence-corrected chi connectivity index (χ2v) is 3.81. The SMILES string of the molecule is Cc1cc2snc(N)c2cc1C. The van der Waals surface area contributed by atoms with Gasteiger partial charge >= 0.3 is 0 Å². The van der Waals surface area contributed by atoms with E-state index in [4.69, 9.17) is 5.73 Å². The van der Waals surface area contributed by atoms with Crippen molar-refractivity contribution in [1.82, 2.24) is 4.37 Å². The third kappa shape index (κ3) is 0.975. The van der Waals surface area contributed by atoms with E-state index in [9.17, 15) is 0 Å². The van der Waals surface area contributed by atoms with Gasteiger partial charge in [0.25, 0.3) is 0 Å². The number of hydrogen-bond acceptors (Lipinski definition) is 3. The Morgan fingerprint density at radius 2 is 1.92 bits per heavy atom. The van der Waals surface area contributed by atoms with Gasteiger partial charge in [-0.1, -0.05) is 0 Å². The van der Waals surface area contributed by atoms with Crippen LogP contribution in [0.3, 0.4) is 0 Å². The first kappa shape index (κ1) is 7.55. The normalized spacial score (nSPS) is 10.8. The molecule has 3 heteroatoms. The Morgan fingerprint density at radius 1 is 1.25 bits per heavy atom. The molecule has 1 heterocycles. The Morgan fingerprint density at radius 3 is 2.67 bits per heavy atom. The molecule has 0 fully saturated rings. The van der Waals surface area contributed by atoms with Gasteiger partial charge in [-0.05, 0) is 48.6 Å². The number of nitrogens with zero attached hydrogens (tertiary/aromatic N) is 1. The van der Waals surface area contributed by atoms with E-state index in [0.29, 0.717) is 5.82 Å². The molecule has 0 saturated heterocycles. The maximum atomic E-state index is 5.69. The predicted octanol–water partition coefficient (Wildman–Crippen LogP) is 2.50. The standard InChI is InChI=1S/C9H10N2S/c1-5-3-7-8(4-6(5)2)12-11-9(7)10/h3-4H,1-2H3,(H2,10,11). The molecule has 1 aromatic carbocycles. The van der Waals surface area contributed by atoms with E-state index >= 15 is 0 Å². The minimum atomic E-state index is 0.651. The van der Waals surface area contributed by atoms with Crippen LogP contribution in [0.5, 0.6) is 0 Å². The number of nitrogens with two attached hydrogens (primary N) is 1. The Labute approximate surface area is 75.2 Å². The molecule has 2 N–H and O–H groups in total. The molecule has 0 atom stereocenters. The highest BCUT2D eigenvalue weighted by Crippen LogP contribution is 2.27. The van der Waals surface area contributed by atoms with E-state index in [0.717, 1.165) is 5.39 Å². The lowest BCUT2D eigenvalue weighted by Crippen LogP contribution is -1.85. The number of hydrogen-bond donors (Lipinski definition) is 1. The van der Waals surface area contributed by atoms with E-state index in [1.165, 1.54) is 27.4 Å². The van der Waals surface area contributed by atoms with Crippen molar-refractivity contribution in [3.05, 3.63) is 23.3 Å². The van der Waals surface area contributed by atoms with Crippen molar-refractivity contribution in [2.45, 2.75) is 13.8 Å². The molecule has 0 amide bonds. The van der Waals surface area contributed by atoms with Gasteiger partial charge in [0.1, 0.15) is 5.82 Å². The molecule has 2 nitrogen and oxygen atoms in total. The fraction of sp³-hybridized carbons (Fsp3) is 0.222. The van der Waals surface area contributed by atoms with Gasteiger partial charge in [-0.2, -0.15) is 4.37 Å². The van der Waals surface area contributed by atoms with Gasteiger partial charge < -0.3 is 5.73 Å². The van der Waals surface area contributed by atoms with E-state index in [1.54, 1.807) is 0 Å². The summed E-state index contributed by atoms with van der Waals surface area (Å²) in [6.07, 6.45) is 0. The summed E-state index contributed by atoms with van der Waals surface area (Å²) in [5.74, 6) is 0.651. The highest BCUT2D eigenvalue weighted by molar-refractivity contribution is 7.13. The second kappa shape index (κ2) is 2.45. The molecule has 2 aromatic rings. The lowest BCUT2D eigenvalue weighted by Gasteiger charge is -1.98. The van der Waals surface area contributed by atoms with Gasteiger partial charge in [0.2, 0.25) is 0 Å². The Hall–Kier alpha value is -1.09. The van der Waals surface area contributed by atoms with Crippen LogP contribution in [0.15, 0.2) is 12.1 Å². The first-order valence-electron chi connectivity index (χ1n) is 3.80. The van der Waals surface area contributed by atoms with Crippen LogP contribution < -0.4 is 5.73 Å². The van der Waals surface area contributed by atoms with E-state index in [-0.39, 0.29) is 0 Å². The first-order chi connectivity index (χ1) is 5.68. The third-order valence-corrected chi connectivity index (χ3v) is 2.94. The monoisotopic (exact) mass is 178 g/mol. The van der Waals surface area contributed by atoms with Gasteiger partial charge in [0, 0.05) is 5.39 Å². The van der Waals surface area contributed by atoms with Crippen molar-refractivity contribution in [1.29, 1.82) is 0 Å². The van der Waals surface area contributed by atoms with Crippen LogP contribution in [0.1, 0.15) is 11.1 Å². The van der Waals surface area contributed by atoms with Gasteiger partial charge in [-0.3, -0.25) is 0 Å². The van der Waals surface area contributed by atoms with Gasteiger partial charge in [0.05, 0.1) is 4.70 Å². The lowest BCUT2D eigenvalue weighted by atomic mass is 10.1. The first-order valence-corrected chi connectivity index (χ1v) is 4.58. The highest BCUT2D eigenvalue weighted by atomic mass is 32.1. The molecule has 1 aromatic heterocycles. The van der Waals surface area contributed by atoms with Crippen molar-refractivity contribution in [2.24, 2.45) is 0 Å². The maximum Gasteiger partial charge on any atom is 0.144 e. The number of benzene rings is 1. The molecule has 0 radical (unpaired) electrons. The molecule has 0 aliphatic carbocycles. The molecule has 0 unspecified atom stereocenters. The van der Waals surface area contributed by atoms with Crippen molar-refractivity contribution in [3.63, 3.8) is 0 Å². The summed E-state index contributed by atoms with van der Waals surface area (Å²) in [6.45, 7) is 4.19.